The minimum absolute atomic E-state index is 0. The Morgan fingerprint density at radius 2 is 1.91 bits per heavy atom. The van der Waals surface area contributed by atoms with E-state index in [0.29, 0.717) is 12.5 Å². The predicted octanol–water partition coefficient (Wildman–Crippen LogP) is 4.49. The van der Waals surface area contributed by atoms with Crippen molar-refractivity contribution in [1.82, 2.24) is 5.32 Å². The van der Waals surface area contributed by atoms with E-state index in [1.54, 1.807) is 0 Å². The van der Waals surface area contributed by atoms with E-state index in [0.717, 1.165) is 36.4 Å². The largest absolute Gasteiger partial charge is 0.399 e. The summed E-state index contributed by atoms with van der Waals surface area (Å²) in [5.41, 5.74) is 7.77. The average molecular weight is 339 g/mol. The van der Waals surface area contributed by atoms with Gasteiger partial charge in [-0.25, -0.2) is 0 Å². The van der Waals surface area contributed by atoms with Gasteiger partial charge in [-0.1, -0.05) is 44.4 Å². The van der Waals surface area contributed by atoms with E-state index in [9.17, 15) is 4.79 Å². The van der Waals surface area contributed by atoms with Crippen LogP contribution in [-0.2, 0) is 11.2 Å². The van der Waals surface area contributed by atoms with E-state index in [-0.39, 0.29) is 18.3 Å². The van der Waals surface area contributed by atoms with Gasteiger partial charge in [-0.3, -0.25) is 4.79 Å². The monoisotopic (exact) mass is 338 g/mol. The van der Waals surface area contributed by atoms with Gasteiger partial charge < -0.3 is 11.1 Å². The van der Waals surface area contributed by atoms with Gasteiger partial charge in [0.1, 0.15) is 0 Å². The fourth-order valence-electron chi connectivity index (χ4n) is 3.40. The SMILES string of the molecule is CCCCC1CCC(NC(=O)CCc2ccccc2N)CC1.Cl. The van der Waals surface area contributed by atoms with Crippen LogP contribution >= 0.6 is 12.4 Å². The number of rotatable bonds is 7. The lowest BCUT2D eigenvalue weighted by molar-refractivity contribution is -0.122. The van der Waals surface area contributed by atoms with Gasteiger partial charge in [0.05, 0.1) is 0 Å². The fourth-order valence-corrected chi connectivity index (χ4v) is 3.40. The lowest BCUT2D eigenvalue weighted by Gasteiger charge is -2.29. The van der Waals surface area contributed by atoms with Gasteiger partial charge in [-0.05, 0) is 49.7 Å². The number of carbonyl (C=O) groups excluding carboxylic acids is 1. The molecule has 23 heavy (non-hydrogen) atoms. The standard InChI is InChI=1S/C19H30N2O.ClH/c1-2-3-6-15-9-12-17(13-10-15)21-19(22)14-11-16-7-4-5-8-18(16)20;/h4-5,7-8,15,17H,2-3,6,9-14,20H2,1H3,(H,21,22);1H. The normalized spacial score (nSPS) is 20.6. The van der Waals surface area contributed by atoms with E-state index in [2.05, 4.69) is 12.2 Å². The van der Waals surface area contributed by atoms with Gasteiger partial charge in [0.15, 0.2) is 0 Å². The van der Waals surface area contributed by atoms with Crippen molar-refractivity contribution in [2.75, 3.05) is 5.73 Å². The third-order valence-electron chi connectivity index (χ3n) is 4.85. The molecule has 0 unspecified atom stereocenters. The van der Waals surface area contributed by atoms with Crippen LogP contribution in [0, 0.1) is 5.92 Å². The van der Waals surface area contributed by atoms with Gasteiger partial charge in [0, 0.05) is 18.2 Å². The van der Waals surface area contributed by atoms with Crippen LogP contribution in [0.2, 0.25) is 0 Å². The fraction of sp³-hybridized carbons (Fsp3) is 0.632. The molecule has 0 atom stereocenters. The van der Waals surface area contributed by atoms with Crippen molar-refractivity contribution in [3.8, 4) is 0 Å². The summed E-state index contributed by atoms with van der Waals surface area (Å²) in [5.74, 6) is 1.05. The highest BCUT2D eigenvalue weighted by molar-refractivity contribution is 5.85. The molecule has 1 aliphatic carbocycles. The Labute approximate surface area is 146 Å². The number of aryl methyl sites for hydroxylation is 1. The van der Waals surface area contributed by atoms with Crippen LogP contribution in [0.15, 0.2) is 24.3 Å². The number of carbonyl (C=O) groups is 1. The summed E-state index contributed by atoms with van der Waals surface area (Å²) in [7, 11) is 0. The highest BCUT2D eigenvalue weighted by Crippen LogP contribution is 2.28. The maximum absolute atomic E-state index is 12.1. The number of nitrogen functional groups attached to an aromatic ring is 1. The summed E-state index contributed by atoms with van der Waals surface area (Å²) in [6.07, 6.45) is 10.1. The quantitative estimate of drug-likeness (QED) is 0.720. The van der Waals surface area contributed by atoms with Crippen molar-refractivity contribution >= 4 is 24.0 Å². The number of hydrogen-bond acceptors (Lipinski definition) is 2. The second-order valence-corrected chi connectivity index (χ2v) is 6.63. The molecule has 0 heterocycles. The first-order valence-corrected chi connectivity index (χ1v) is 8.81. The molecule has 0 aliphatic heterocycles. The summed E-state index contributed by atoms with van der Waals surface area (Å²) in [4.78, 5) is 12.1. The summed E-state index contributed by atoms with van der Waals surface area (Å²) < 4.78 is 0. The Hall–Kier alpha value is -1.22. The first-order valence-electron chi connectivity index (χ1n) is 8.81. The van der Waals surface area contributed by atoms with Crippen LogP contribution in [0.4, 0.5) is 5.69 Å². The van der Waals surface area contributed by atoms with E-state index in [4.69, 9.17) is 5.73 Å². The van der Waals surface area contributed by atoms with E-state index in [1.165, 1.54) is 32.1 Å². The summed E-state index contributed by atoms with van der Waals surface area (Å²) in [6.45, 7) is 2.26. The van der Waals surface area contributed by atoms with Crippen molar-refractivity contribution < 1.29 is 4.79 Å². The zero-order valence-corrected chi connectivity index (χ0v) is 15.0. The Bertz CT molecular complexity index is 470. The van der Waals surface area contributed by atoms with Crippen LogP contribution < -0.4 is 11.1 Å². The molecule has 1 aliphatic rings. The molecule has 0 spiro atoms. The van der Waals surface area contributed by atoms with Gasteiger partial charge >= 0.3 is 0 Å². The Balaban J connectivity index is 0.00000264. The maximum Gasteiger partial charge on any atom is 0.220 e. The number of nitrogens with two attached hydrogens (primary N) is 1. The van der Waals surface area contributed by atoms with Crippen molar-refractivity contribution in [3.63, 3.8) is 0 Å². The molecule has 0 bridgehead atoms. The van der Waals surface area contributed by atoms with Crippen LogP contribution in [-0.4, -0.2) is 11.9 Å². The molecule has 1 saturated carbocycles. The lowest BCUT2D eigenvalue weighted by atomic mass is 9.83. The minimum atomic E-state index is 0. The van der Waals surface area contributed by atoms with Crippen molar-refractivity contribution in [1.29, 1.82) is 0 Å². The number of halogens is 1. The molecule has 0 saturated heterocycles. The van der Waals surface area contributed by atoms with E-state index >= 15 is 0 Å². The average Bonchev–Trinajstić information content (AvgIpc) is 2.53. The summed E-state index contributed by atoms with van der Waals surface area (Å²) in [6, 6.07) is 8.18. The molecular formula is C19H31ClN2O. The molecule has 3 N–H and O–H groups in total. The molecule has 2 rings (SSSR count). The number of amides is 1. The van der Waals surface area contributed by atoms with Gasteiger partial charge in [0.2, 0.25) is 5.91 Å². The molecule has 130 valence electrons. The number of nitrogens with one attached hydrogen (secondary N) is 1. The summed E-state index contributed by atoms with van der Waals surface area (Å²) >= 11 is 0. The molecule has 1 fully saturated rings. The molecule has 0 radical (unpaired) electrons. The zero-order valence-electron chi connectivity index (χ0n) is 14.2. The molecule has 0 aromatic heterocycles. The number of anilines is 1. The first kappa shape index (κ1) is 19.8. The minimum Gasteiger partial charge on any atom is -0.399 e. The third-order valence-corrected chi connectivity index (χ3v) is 4.85. The highest BCUT2D eigenvalue weighted by atomic mass is 35.5. The topological polar surface area (TPSA) is 55.1 Å². The molecule has 1 aromatic carbocycles. The summed E-state index contributed by atoms with van der Waals surface area (Å²) in [5, 5.41) is 3.21. The van der Waals surface area contributed by atoms with E-state index in [1.807, 2.05) is 24.3 Å². The first-order chi connectivity index (χ1) is 10.7. The van der Waals surface area contributed by atoms with Gasteiger partial charge in [-0.2, -0.15) is 0 Å². The lowest BCUT2D eigenvalue weighted by Crippen LogP contribution is -2.37. The van der Waals surface area contributed by atoms with Crippen molar-refractivity contribution in [2.24, 2.45) is 5.92 Å². The zero-order chi connectivity index (χ0) is 15.8. The Morgan fingerprint density at radius 1 is 1.22 bits per heavy atom. The highest BCUT2D eigenvalue weighted by Gasteiger charge is 2.21. The van der Waals surface area contributed by atoms with Gasteiger partial charge in [-0.15, -0.1) is 12.4 Å². The van der Waals surface area contributed by atoms with Gasteiger partial charge in [0.25, 0.3) is 0 Å². The van der Waals surface area contributed by atoms with Crippen LogP contribution in [0.25, 0.3) is 0 Å². The van der Waals surface area contributed by atoms with Crippen LogP contribution in [0.3, 0.4) is 0 Å². The van der Waals surface area contributed by atoms with Crippen LogP contribution in [0.1, 0.15) is 63.9 Å². The number of unbranched alkanes of at least 4 members (excludes halogenated alkanes) is 1. The second-order valence-electron chi connectivity index (χ2n) is 6.63. The maximum atomic E-state index is 12.1. The molecule has 1 amide bonds. The Morgan fingerprint density at radius 3 is 2.57 bits per heavy atom. The molecular weight excluding hydrogens is 308 g/mol. The van der Waals surface area contributed by atoms with Crippen molar-refractivity contribution in [3.05, 3.63) is 29.8 Å². The van der Waals surface area contributed by atoms with Crippen molar-refractivity contribution in [2.45, 2.75) is 70.8 Å². The number of para-hydroxylation sites is 1. The molecule has 4 heteroatoms. The third kappa shape index (κ3) is 6.82. The molecule has 3 nitrogen and oxygen atoms in total. The Kier molecular flexibility index (Phi) is 9.08. The second kappa shape index (κ2) is 10.5. The predicted molar refractivity (Wildman–Crippen MR) is 99.8 cm³/mol. The number of hydrogen-bond donors (Lipinski definition) is 2. The molecule has 1 aromatic rings. The number of benzene rings is 1. The van der Waals surface area contributed by atoms with E-state index < -0.39 is 0 Å². The van der Waals surface area contributed by atoms with Crippen LogP contribution in [0.5, 0.6) is 0 Å². The smallest absolute Gasteiger partial charge is 0.220 e.